The molecule has 5 nitrogen and oxygen atoms in total. The number of hydrogen-bond acceptors (Lipinski definition) is 4. The van der Waals surface area contributed by atoms with Crippen LogP contribution in [-0.2, 0) is 22.9 Å². The van der Waals surface area contributed by atoms with Gasteiger partial charge < -0.3 is 9.88 Å². The minimum Gasteiger partial charge on any atom is -0.336 e. The van der Waals surface area contributed by atoms with Gasteiger partial charge in [-0.2, -0.15) is 0 Å². The van der Waals surface area contributed by atoms with E-state index in [-0.39, 0.29) is 11.5 Å². The summed E-state index contributed by atoms with van der Waals surface area (Å²) in [5.41, 5.74) is 0.944. The summed E-state index contributed by atoms with van der Waals surface area (Å²) in [5.74, 6) is 0.462. The van der Waals surface area contributed by atoms with Gasteiger partial charge in [-0.25, -0.2) is 13.4 Å². The van der Waals surface area contributed by atoms with E-state index < -0.39 is 9.84 Å². The van der Waals surface area contributed by atoms with Gasteiger partial charge >= 0.3 is 0 Å². The van der Waals surface area contributed by atoms with E-state index in [1.165, 1.54) is 0 Å². The van der Waals surface area contributed by atoms with Crippen LogP contribution in [0.4, 0.5) is 0 Å². The fourth-order valence-corrected chi connectivity index (χ4v) is 2.85. The Balaban J connectivity index is 2.44. The molecule has 0 amide bonds. The monoisotopic (exact) mass is 259 g/mol. The molecule has 0 aliphatic carbocycles. The maximum Gasteiger partial charge on any atom is 0.152 e. The third-order valence-electron chi connectivity index (χ3n) is 2.42. The molecule has 0 atom stereocenters. The fraction of sp³-hybridized carbons (Fsp3) is 0.727. The molecule has 1 aromatic rings. The van der Waals surface area contributed by atoms with Crippen LogP contribution in [0.3, 0.4) is 0 Å². The summed E-state index contributed by atoms with van der Waals surface area (Å²) >= 11 is 0. The van der Waals surface area contributed by atoms with Crippen LogP contribution in [0.15, 0.2) is 12.5 Å². The van der Waals surface area contributed by atoms with Gasteiger partial charge in [0.25, 0.3) is 0 Å². The Morgan fingerprint density at radius 1 is 1.35 bits per heavy atom. The molecule has 1 heterocycles. The highest BCUT2D eigenvalue weighted by atomic mass is 32.2. The molecule has 0 aliphatic rings. The molecule has 1 rings (SSSR count). The van der Waals surface area contributed by atoms with Crippen molar-refractivity contribution < 1.29 is 8.42 Å². The van der Waals surface area contributed by atoms with Crippen molar-refractivity contribution in [1.29, 1.82) is 0 Å². The van der Waals surface area contributed by atoms with Crippen LogP contribution in [0.1, 0.15) is 26.0 Å². The summed E-state index contributed by atoms with van der Waals surface area (Å²) in [5, 5.41) is 3.18. The van der Waals surface area contributed by atoms with Crippen LogP contribution in [-0.4, -0.2) is 36.0 Å². The third-order valence-corrected chi connectivity index (χ3v) is 4.25. The number of imidazole rings is 1. The highest BCUT2D eigenvalue weighted by Gasteiger charge is 2.09. The number of nitrogens with zero attached hydrogens (tertiary/aromatic N) is 2. The SMILES string of the molecule is CCCS(=O)(=O)CCn1cnc(CNCC)c1. The lowest BCUT2D eigenvalue weighted by molar-refractivity contribution is 0.587. The minimum absolute atomic E-state index is 0.192. The molecule has 0 bridgehead atoms. The topological polar surface area (TPSA) is 64.0 Å². The van der Waals surface area contributed by atoms with Crippen molar-refractivity contribution in [3.8, 4) is 0 Å². The van der Waals surface area contributed by atoms with E-state index in [0.717, 1.165) is 18.8 Å². The molecule has 0 fully saturated rings. The number of aryl methyl sites for hydroxylation is 1. The minimum atomic E-state index is -2.90. The number of nitrogens with one attached hydrogen (secondary N) is 1. The molecule has 0 spiro atoms. The van der Waals surface area contributed by atoms with Crippen LogP contribution < -0.4 is 5.32 Å². The number of aromatic nitrogens is 2. The maximum atomic E-state index is 11.5. The van der Waals surface area contributed by atoms with Gasteiger partial charge in [0.15, 0.2) is 9.84 Å². The van der Waals surface area contributed by atoms with Gasteiger partial charge in [-0.3, -0.25) is 0 Å². The smallest absolute Gasteiger partial charge is 0.152 e. The number of sulfone groups is 1. The molecule has 0 saturated carbocycles. The lowest BCUT2D eigenvalue weighted by Crippen LogP contribution is -2.15. The summed E-state index contributed by atoms with van der Waals surface area (Å²) in [4.78, 5) is 4.21. The predicted octanol–water partition coefficient (Wildman–Crippen LogP) is 0.817. The largest absolute Gasteiger partial charge is 0.336 e. The molecular formula is C11H21N3O2S. The zero-order valence-corrected chi connectivity index (χ0v) is 11.3. The molecule has 0 unspecified atom stereocenters. The molecule has 0 saturated heterocycles. The van der Waals surface area contributed by atoms with Crippen LogP contribution >= 0.6 is 0 Å². The van der Waals surface area contributed by atoms with E-state index in [2.05, 4.69) is 10.3 Å². The molecule has 1 N–H and O–H groups in total. The molecule has 0 aromatic carbocycles. The van der Waals surface area contributed by atoms with Gasteiger partial charge in [-0.05, 0) is 13.0 Å². The molecule has 0 radical (unpaired) electrons. The highest BCUT2D eigenvalue weighted by Crippen LogP contribution is 1.99. The van der Waals surface area contributed by atoms with E-state index in [9.17, 15) is 8.42 Å². The summed E-state index contributed by atoms with van der Waals surface area (Å²) < 4.78 is 24.9. The predicted molar refractivity (Wildman–Crippen MR) is 68.6 cm³/mol. The van der Waals surface area contributed by atoms with Gasteiger partial charge in [-0.1, -0.05) is 13.8 Å². The fourth-order valence-electron chi connectivity index (χ4n) is 1.53. The van der Waals surface area contributed by atoms with E-state index in [1.54, 1.807) is 6.33 Å². The first-order chi connectivity index (χ1) is 8.07. The maximum absolute atomic E-state index is 11.5. The van der Waals surface area contributed by atoms with Crippen molar-refractivity contribution in [3.63, 3.8) is 0 Å². The first-order valence-corrected chi connectivity index (χ1v) is 7.81. The Morgan fingerprint density at radius 3 is 2.76 bits per heavy atom. The van der Waals surface area contributed by atoms with Gasteiger partial charge in [-0.15, -0.1) is 0 Å². The quantitative estimate of drug-likeness (QED) is 0.750. The van der Waals surface area contributed by atoms with Gasteiger partial charge in [0, 0.05) is 25.0 Å². The lowest BCUT2D eigenvalue weighted by Gasteiger charge is -2.03. The van der Waals surface area contributed by atoms with E-state index in [0.29, 0.717) is 13.0 Å². The average Bonchev–Trinajstić information content (AvgIpc) is 2.72. The van der Waals surface area contributed by atoms with Gasteiger partial charge in [0.05, 0.1) is 17.8 Å². The van der Waals surface area contributed by atoms with E-state index in [1.807, 2.05) is 24.6 Å². The first kappa shape index (κ1) is 14.2. The highest BCUT2D eigenvalue weighted by molar-refractivity contribution is 7.91. The average molecular weight is 259 g/mol. The summed E-state index contributed by atoms with van der Waals surface area (Å²) in [7, 11) is -2.90. The van der Waals surface area contributed by atoms with Crippen LogP contribution in [0.2, 0.25) is 0 Å². The van der Waals surface area contributed by atoms with Crippen LogP contribution in [0, 0.1) is 0 Å². The Bertz CT molecular complexity index is 426. The molecule has 0 aliphatic heterocycles. The number of hydrogen-bond donors (Lipinski definition) is 1. The molecule has 98 valence electrons. The van der Waals surface area contributed by atoms with Gasteiger partial charge in [0.1, 0.15) is 0 Å². The Labute approximate surface area is 103 Å². The first-order valence-electron chi connectivity index (χ1n) is 5.99. The van der Waals surface area contributed by atoms with Crippen molar-refractivity contribution in [2.45, 2.75) is 33.4 Å². The van der Waals surface area contributed by atoms with Crippen LogP contribution in [0.5, 0.6) is 0 Å². The second-order valence-electron chi connectivity index (χ2n) is 4.03. The Kier molecular flexibility index (Phi) is 5.64. The van der Waals surface area contributed by atoms with Crippen molar-refractivity contribution in [3.05, 3.63) is 18.2 Å². The normalized spacial score (nSPS) is 11.9. The Morgan fingerprint density at radius 2 is 2.12 bits per heavy atom. The molecular weight excluding hydrogens is 238 g/mol. The molecule has 6 heteroatoms. The van der Waals surface area contributed by atoms with E-state index in [4.69, 9.17) is 0 Å². The second-order valence-corrected chi connectivity index (χ2v) is 6.34. The van der Waals surface area contributed by atoms with Gasteiger partial charge in [0.2, 0.25) is 0 Å². The summed E-state index contributed by atoms with van der Waals surface area (Å²) in [6.45, 7) is 6.03. The zero-order chi connectivity index (χ0) is 12.7. The van der Waals surface area contributed by atoms with E-state index >= 15 is 0 Å². The van der Waals surface area contributed by atoms with Crippen molar-refractivity contribution in [2.75, 3.05) is 18.1 Å². The molecule has 17 heavy (non-hydrogen) atoms. The summed E-state index contributed by atoms with van der Waals surface area (Å²) in [6.07, 6.45) is 4.26. The third kappa shape index (κ3) is 5.32. The molecule has 1 aromatic heterocycles. The lowest BCUT2D eigenvalue weighted by atomic mass is 10.4. The van der Waals surface area contributed by atoms with Crippen molar-refractivity contribution in [2.24, 2.45) is 0 Å². The van der Waals surface area contributed by atoms with Crippen molar-refractivity contribution in [1.82, 2.24) is 14.9 Å². The standard InChI is InChI=1S/C11H21N3O2S/c1-3-6-17(15,16)7-5-14-9-11(13-10-14)8-12-4-2/h9-10,12H,3-8H2,1-2H3. The number of rotatable bonds is 8. The Hall–Kier alpha value is -0.880. The second kappa shape index (κ2) is 6.76. The van der Waals surface area contributed by atoms with Crippen molar-refractivity contribution >= 4 is 9.84 Å². The summed E-state index contributed by atoms with van der Waals surface area (Å²) in [6, 6.07) is 0. The zero-order valence-electron chi connectivity index (χ0n) is 10.5. The van der Waals surface area contributed by atoms with Crippen LogP contribution in [0.25, 0.3) is 0 Å².